The van der Waals surface area contributed by atoms with Gasteiger partial charge in [-0.15, -0.1) is 0 Å². The molecule has 0 bridgehead atoms. The first-order valence-corrected chi connectivity index (χ1v) is 4.51. The lowest BCUT2D eigenvalue weighted by atomic mass is 9.90. The zero-order valence-corrected chi connectivity index (χ0v) is 7.82. The molecule has 0 radical (unpaired) electrons. The van der Waals surface area contributed by atoms with Crippen molar-refractivity contribution in [1.82, 2.24) is 0 Å². The van der Waals surface area contributed by atoms with Crippen LogP contribution < -0.4 is 0 Å². The smallest absolute Gasteiger partial charge is 0.311 e. The van der Waals surface area contributed by atoms with Gasteiger partial charge in [-0.25, -0.2) is 0 Å². The van der Waals surface area contributed by atoms with Crippen molar-refractivity contribution in [3.63, 3.8) is 0 Å². The summed E-state index contributed by atoms with van der Waals surface area (Å²) in [5.74, 6) is -2.48. The summed E-state index contributed by atoms with van der Waals surface area (Å²) in [7, 11) is 0. The maximum atomic E-state index is 11.1. The van der Waals surface area contributed by atoms with Gasteiger partial charge in [0.25, 0.3) is 0 Å². The van der Waals surface area contributed by atoms with Crippen LogP contribution in [0.3, 0.4) is 0 Å². The lowest BCUT2D eigenvalue weighted by molar-refractivity contribution is -0.144. The largest absolute Gasteiger partial charge is 0.481 e. The van der Waals surface area contributed by atoms with Gasteiger partial charge in [-0.1, -0.05) is 20.3 Å². The van der Waals surface area contributed by atoms with Gasteiger partial charge in [0, 0.05) is 0 Å². The molecule has 4 heteroatoms. The normalized spacial score (nSPS) is 33.1. The SMILES string of the molecule is CCC[C@H]1OC(=O)[C@H](C)[C@H]1C(=O)O. The van der Waals surface area contributed by atoms with Crippen molar-refractivity contribution in [1.29, 1.82) is 0 Å². The average molecular weight is 186 g/mol. The molecule has 0 amide bonds. The van der Waals surface area contributed by atoms with Crippen LogP contribution >= 0.6 is 0 Å². The van der Waals surface area contributed by atoms with E-state index in [0.717, 1.165) is 6.42 Å². The molecule has 1 saturated heterocycles. The summed E-state index contributed by atoms with van der Waals surface area (Å²) in [6.07, 6.45) is 1.03. The molecule has 0 aromatic carbocycles. The second-order valence-electron chi connectivity index (χ2n) is 3.42. The highest BCUT2D eigenvalue weighted by Gasteiger charge is 2.45. The molecule has 74 valence electrons. The molecule has 0 unspecified atom stereocenters. The molecule has 0 spiro atoms. The summed E-state index contributed by atoms with van der Waals surface area (Å²) in [6.45, 7) is 3.55. The second-order valence-corrected chi connectivity index (χ2v) is 3.42. The Hall–Kier alpha value is -1.06. The van der Waals surface area contributed by atoms with Gasteiger partial charge in [0.15, 0.2) is 0 Å². The Morgan fingerprint density at radius 1 is 1.62 bits per heavy atom. The molecule has 0 aromatic rings. The lowest BCUT2D eigenvalue weighted by Crippen LogP contribution is -2.27. The van der Waals surface area contributed by atoms with Crippen LogP contribution in [0.5, 0.6) is 0 Å². The van der Waals surface area contributed by atoms with Crippen LogP contribution in [0.2, 0.25) is 0 Å². The second kappa shape index (κ2) is 3.77. The molecule has 13 heavy (non-hydrogen) atoms. The minimum atomic E-state index is -0.934. The summed E-state index contributed by atoms with van der Waals surface area (Å²) in [5, 5.41) is 8.87. The summed E-state index contributed by atoms with van der Waals surface area (Å²) >= 11 is 0. The van der Waals surface area contributed by atoms with Crippen LogP contribution in [0.15, 0.2) is 0 Å². The van der Waals surface area contributed by atoms with Crippen molar-refractivity contribution in [3.05, 3.63) is 0 Å². The molecule has 0 saturated carbocycles. The van der Waals surface area contributed by atoms with Crippen LogP contribution in [0.4, 0.5) is 0 Å². The number of carbonyl (C=O) groups is 2. The van der Waals surface area contributed by atoms with Gasteiger partial charge in [0.05, 0.1) is 5.92 Å². The molecule has 1 N–H and O–H groups in total. The Morgan fingerprint density at radius 2 is 2.23 bits per heavy atom. The van der Waals surface area contributed by atoms with E-state index in [1.165, 1.54) is 0 Å². The Labute approximate surface area is 76.9 Å². The van der Waals surface area contributed by atoms with E-state index in [0.29, 0.717) is 6.42 Å². The molecule has 1 aliphatic heterocycles. The Kier molecular flexibility index (Phi) is 2.90. The fourth-order valence-electron chi connectivity index (χ4n) is 1.69. The van der Waals surface area contributed by atoms with E-state index in [2.05, 4.69) is 0 Å². The van der Waals surface area contributed by atoms with E-state index in [4.69, 9.17) is 9.84 Å². The van der Waals surface area contributed by atoms with Crippen LogP contribution in [0.1, 0.15) is 26.7 Å². The van der Waals surface area contributed by atoms with Crippen LogP contribution in [0, 0.1) is 11.8 Å². The van der Waals surface area contributed by atoms with E-state index in [1.807, 2.05) is 6.92 Å². The third-order valence-corrected chi connectivity index (χ3v) is 2.44. The van der Waals surface area contributed by atoms with E-state index >= 15 is 0 Å². The molecular formula is C9H14O4. The number of hydrogen-bond acceptors (Lipinski definition) is 3. The van der Waals surface area contributed by atoms with Crippen LogP contribution in [-0.2, 0) is 14.3 Å². The highest BCUT2D eigenvalue weighted by Crippen LogP contribution is 2.30. The molecular weight excluding hydrogens is 172 g/mol. The monoisotopic (exact) mass is 186 g/mol. The third kappa shape index (κ3) is 1.82. The van der Waals surface area contributed by atoms with Gasteiger partial charge >= 0.3 is 11.9 Å². The van der Waals surface area contributed by atoms with Crippen LogP contribution in [0.25, 0.3) is 0 Å². The first-order valence-electron chi connectivity index (χ1n) is 4.51. The molecule has 1 heterocycles. The Bertz CT molecular complexity index is 224. The van der Waals surface area contributed by atoms with Crippen molar-refractivity contribution < 1.29 is 19.4 Å². The lowest BCUT2D eigenvalue weighted by Gasteiger charge is -2.13. The minimum absolute atomic E-state index is 0.383. The number of ether oxygens (including phenoxy) is 1. The van der Waals surface area contributed by atoms with Crippen molar-refractivity contribution in [2.24, 2.45) is 11.8 Å². The summed E-state index contributed by atoms with van der Waals surface area (Å²) < 4.78 is 4.97. The first-order chi connectivity index (χ1) is 6.07. The van der Waals surface area contributed by atoms with Crippen molar-refractivity contribution in [2.75, 3.05) is 0 Å². The number of carboxylic acids is 1. The van der Waals surface area contributed by atoms with Gasteiger partial charge < -0.3 is 9.84 Å². The quantitative estimate of drug-likeness (QED) is 0.669. The number of esters is 1. The van der Waals surface area contributed by atoms with Gasteiger partial charge in [-0.05, 0) is 6.42 Å². The van der Waals surface area contributed by atoms with Gasteiger partial charge in [0.2, 0.25) is 0 Å². The van der Waals surface area contributed by atoms with E-state index in [1.54, 1.807) is 6.92 Å². The standard InChI is InChI=1S/C9H14O4/c1-3-4-6-7(8(10)11)5(2)9(12)13-6/h5-7H,3-4H2,1-2H3,(H,10,11)/t5-,6-,7-/m1/s1. The third-order valence-electron chi connectivity index (χ3n) is 2.44. The van der Waals surface area contributed by atoms with Gasteiger partial charge in [-0.2, -0.15) is 0 Å². The molecule has 1 aliphatic rings. The predicted octanol–water partition coefficient (Wildman–Crippen LogP) is 1.05. The topological polar surface area (TPSA) is 63.6 Å². The maximum Gasteiger partial charge on any atom is 0.311 e. The Balaban J connectivity index is 2.74. The number of hydrogen-bond donors (Lipinski definition) is 1. The average Bonchev–Trinajstić information content (AvgIpc) is 2.28. The molecule has 1 rings (SSSR count). The summed E-state index contributed by atoms with van der Waals surface area (Å²) in [6, 6.07) is 0. The molecule has 1 fully saturated rings. The number of carbonyl (C=O) groups excluding carboxylic acids is 1. The molecule has 4 nitrogen and oxygen atoms in total. The molecule has 3 atom stereocenters. The summed E-state index contributed by atoms with van der Waals surface area (Å²) in [5.41, 5.74) is 0. The first kappa shape index (κ1) is 10.0. The van der Waals surface area contributed by atoms with E-state index in [-0.39, 0.29) is 5.97 Å². The number of carboxylic acid groups (broad SMARTS) is 1. The van der Waals surface area contributed by atoms with Crippen molar-refractivity contribution in [3.8, 4) is 0 Å². The van der Waals surface area contributed by atoms with Gasteiger partial charge in [-0.3, -0.25) is 9.59 Å². The fourth-order valence-corrected chi connectivity index (χ4v) is 1.69. The number of cyclic esters (lactones) is 1. The highest BCUT2D eigenvalue weighted by atomic mass is 16.6. The zero-order valence-electron chi connectivity index (χ0n) is 7.82. The minimum Gasteiger partial charge on any atom is -0.481 e. The zero-order chi connectivity index (χ0) is 10.0. The highest BCUT2D eigenvalue weighted by molar-refractivity contribution is 5.84. The fraction of sp³-hybridized carbons (Fsp3) is 0.778. The van der Waals surface area contributed by atoms with Gasteiger partial charge in [0.1, 0.15) is 12.0 Å². The number of rotatable bonds is 3. The van der Waals surface area contributed by atoms with Crippen molar-refractivity contribution >= 4 is 11.9 Å². The predicted molar refractivity (Wildman–Crippen MR) is 45.1 cm³/mol. The molecule has 0 aromatic heterocycles. The summed E-state index contributed by atoms with van der Waals surface area (Å²) in [4.78, 5) is 21.9. The van der Waals surface area contributed by atoms with Crippen molar-refractivity contribution in [2.45, 2.75) is 32.8 Å². The maximum absolute atomic E-state index is 11.1. The van der Waals surface area contributed by atoms with Crippen LogP contribution in [-0.4, -0.2) is 23.1 Å². The number of aliphatic carboxylic acids is 1. The van der Waals surface area contributed by atoms with E-state index in [9.17, 15) is 9.59 Å². The molecule has 0 aliphatic carbocycles. The van der Waals surface area contributed by atoms with E-state index < -0.39 is 23.9 Å². The Morgan fingerprint density at radius 3 is 2.69 bits per heavy atom.